The maximum atomic E-state index is 11.1. The molecular weight excluding hydrogens is 152 g/mol. The fraction of sp³-hybridized carbons (Fsp3) is 0.444. The van der Waals surface area contributed by atoms with Gasteiger partial charge in [-0.2, -0.15) is 0 Å². The molecule has 3 nitrogen and oxygen atoms in total. The van der Waals surface area contributed by atoms with Crippen LogP contribution >= 0.6 is 0 Å². The molecule has 0 amide bonds. The molecule has 0 saturated heterocycles. The first-order valence-corrected chi connectivity index (χ1v) is 4.08. The maximum Gasteiger partial charge on any atom is 0.139 e. The molecule has 0 N–H and O–H groups in total. The third kappa shape index (κ3) is 1.11. The Morgan fingerprint density at radius 3 is 3.00 bits per heavy atom. The first-order valence-electron chi connectivity index (χ1n) is 4.08. The van der Waals surface area contributed by atoms with Crippen molar-refractivity contribution in [2.75, 3.05) is 0 Å². The van der Waals surface area contributed by atoms with Crippen molar-refractivity contribution in [3.8, 4) is 0 Å². The summed E-state index contributed by atoms with van der Waals surface area (Å²) >= 11 is 0. The summed E-state index contributed by atoms with van der Waals surface area (Å²) < 4.78 is 0. The van der Waals surface area contributed by atoms with Gasteiger partial charge in [-0.25, -0.2) is 9.97 Å². The second-order valence-electron chi connectivity index (χ2n) is 3.10. The molecule has 0 bridgehead atoms. The maximum absolute atomic E-state index is 11.1. The summed E-state index contributed by atoms with van der Waals surface area (Å²) in [7, 11) is 0. The molecule has 3 heteroatoms. The molecule has 0 spiro atoms. The standard InChI is InChI=1S/C9H10N2O/c1-6-8-3-2-7(12)4-9(8)11-5-10-6/h5H,2-4H2,1H3. The zero-order valence-corrected chi connectivity index (χ0v) is 7.00. The van der Waals surface area contributed by atoms with E-state index in [1.54, 1.807) is 0 Å². The van der Waals surface area contributed by atoms with Crippen LogP contribution < -0.4 is 0 Å². The topological polar surface area (TPSA) is 42.9 Å². The number of fused-ring (bicyclic) bond motifs is 1. The molecule has 0 fully saturated rings. The van der Waals surface area contributed by atoms with Crippen LogP contribution in [0, 0.1) is 6.92 Å². The first kappa shape index (κ1) is 7.40. The summed E-state index contributed by atoms with van der Waals surface area (Å²) in [5.41, 5.74) is 3.13. The molecule has 0 unspecified atom stereocenters. The number of hydrogen-bond acceptors (Lipinski definition) is 3. The van der Waals surface area contributed by atoms with Crippen molar-refractivity contribution in [1.82, 2.24) is 9.97 Å². The van der Waals surface area contributed by atoms with Crippen LogP contribution in [0.3, 0.4) is 0 Å². The van der Waals surface area contributed by atoms with E-state index in [-0.39, 0.29) is 0 Å². The van der Waals surface area contributed by atoms with Crippen LogP contribution in [0.1, 0.15) is 23.4 Å². The Morgan fingerprint density at radius 1 is 1.33 bits per heavy atom. The lowest BCUT2D eigenvalue weighted by Gasteiger charge is -2.14. The number of aromatic nitrogens is 2. The molecule has 0 saturated carbocycles. The number of nitrogens with zero attached hydrogens (tertiary/aromatic N) is 2. The van der Waals surface area contributed by atoms with Crippen molar-refractivity contribution in [1.29, 1.82) is 0 Å². The second kappa shape index (κ2) is 2.66. The number of carbonyl (C=O) groups excluding carboxylic acids is 1. The van der Waals surface area contributed by atoms with Gasteiger partial charge in [0.15, 0.2) is 0 Å². The third-order valence-electron chi connectivity index (χ3n) is 2.27. The highest BCUT2D eigenvalue weighted by molar-refractivity contribution is 5.82. The fourth-order valence-corrected chi connectivity index (χ4v) is 1.57. The van der Waals surface area contributed by atoms with Crippen molar-refractivity contribution in [2.45, 2.75) is 26.2 Å². The lowest BCUT2D eigenvalue weighted by atomic mass is 9.94. The molecule has 1 aliphatic carbocycles. The summed E-state index contributed by atoms with van der Waals surface area (Å²) in [6.45, 7) is 1.97. The Hall–Kier alpha value is -1.25. The zero-order valence-electron chi connectivity index (χ0n) is 7.00. The van der Waals surface area contributed by atoms with Crippen LogP contribution in [0.4, 0.5) is 0 Å². The van der Waals surface area contributed by atoms with E-state index in [1.807, 2.05) is 6.92 Å². The minimum absolute atomic E-state index is 0.292. The highest BCUT2D eigenvalue weighted by Gasteiger charge is 2.18. The largest absolute Gasteiger partial charge is 0.299 e. The van der Waals surface area contributed by atoms with Gasteiger partial charge < -0.3 is 0 Å². The molecule has 1 aliphatic rings. The summed E-state index contributed by atoms with van der Waals surface area (Å²) in [6.07, 6.45) is 3.51. The van der Waals surface area contributed by atoms with Gasteiger partial charge in [0.05, 0.1) is 5.69 Å². The molecule has 12 heavy (non-hydrogen) atoms. The summed E-state index contributed by atoms with van der Waals surface area (Å²) in [5, 5.41) is 0. The average molecular weight is 162 g/mol. The number of carbonyl (C=O) groups is 1. The minimum Gasteiger partial charge on any atom is -0.299 e. The molecule has 0 aliphatic heterocycles. The van der Waals surface area contributed by atoms with E-state index in [0.717, 1.165) is 17.8 Å². The van der Waals surface area contributed by atoms with Crippen LogP contribution in [0.2, 0.25) is 0 Å². The lowest BCUT2D eigenvalue weighted by Crippen LogP contribution is -2.16. The molecule has 62 valence electrons. The first-order chi connectivity index (χ1) is 5.77. The van der Waals surface area contributed by atoms with E-state index in [9.17, 15) is 4.79 Å². The Balaban J connectivity index is 2.48. The van der Waals surface area contributed by atoms with E-state index in [2.05, 4.69) is 9.97 Å². The quantitative estimate of drug-likeness (QED) is 0.567. The van der Waals surface area contributed by atoms with Crippen molar-refractivity contribution in [3.63, 3.8) is 0 Å². The number of aryl methyl sites for hydroxylation is 1. The number of hydrogen-bond donors (Lipinski definition) is 0. The van der Waals surface area contributed by atoms with Gasteiger partial charge in [0.1, 0.15) is 12.1 Å². The van der Waals surface area contributed by atoms with Gasteiger partial charge in [-0.05, 0) is 18.9 Å². The summed E-state index contributed by atoms with van der Waals surface area (Å²) in [4.78, 5) is 19.3. The van der Waals surface area contributed by atoms with Crippen molar-refractivity contribution in [2.24, 2.45) is 0 Å². The normalized spacial score (nSPS) is 15.9. The number of rotatable bonds is 0. The van der Waals surface area contributed by atoms with Gasteiger partial charge in [-0.1, -0.05) is 0 Å². The van der Waals surface area contributed by atoms with Crippen molar-refractivity contribution < 1.29 is 4.79 Å². The number of Topliss-reactive ketones (excluding diaryl/α,β-unsaturated/α-hetero) is 1. The number of ketones is 1. The molecular formula is C9H10N2O. The molecule has 0 radical (unpaired) electrons. The highest BCUT2D eigenvalue weighted by atomic mass is 16.1. The predicted molar refractivity (Wildman–Crippen MR) is 43.8 cm³/mol. The van der Waals surface area contributed by atoms with Gasteiger partial charge in [-0.15, -0.1) is 0 Å². The SMILES string of the molecule is Cc1ncnc2c1CCC(=O)C2. The Kier molecular flexibility index (Phi) is 1.64. The van der Waals surface area contributed by atoms with Crippen LogP contribution in [-0.4, -0.2) is 15.8 Å². The summed E-state index contributed by atoms with van der Waals surface area (Å²) in [5.74, 6) is 0.292. The molecule has 1 aromatic rings. The van der Waals surface area contributed by atoms with E-state index in [1.165, 1.54) is 11.9 Å². The monoisotopic (exact) mass is 162 g/mol. The lowest BCUT2D eigenvalue weighted by molar-refractivity contribution is -0.118. The fourth-order valence-electron chi connectivity index (χ4n) is 1.57. The van der Waals surface area contributed by atoms with Gasteiger partial charge >= 0.3 is 0 Å². The Morgan fingerprint density at radius 2 is 2.17 bits per heavy atom. The average Bonchev–Trinajstić information content (AvgIpc) is 2.04. The van der Waals surface area contributed by atoms with Gasteiger partial charge in [-0.3, -0.25) is 4.79 Å². The molecule has 2 rings (SSSR count). The van der Waals surface area contributed by atoms with Crippen LogP contribution in [0.15, 0.2) is 6.33 Å². The Bertz CT molecular complexity index is 333. The molecule has 1 aromatic heterocycles. The molecule has 1 heterocycles. The minimum atomic E-state index is 0.292. The Labute approximate surface area is 70.9 Å². The van der Waals surface area contributed by atoms with E-state index < -0.39 is 0 Å². The third-order valence-corrected chi connectivity index (χ3v) is 2.27. The van der Waals surface area contributed by atoms with Crippen LogP contribution in [0.25, 0.3) is 0 Å². The predicted octanol–water partition coefficient (Wildman–Crippen LogP) is 0.843. The zero-order chi connectivity index (χ0) is 8.55. The highest BCUT2D eigenvalue weighted by Crippen LogP contribution is 2.18. The van der Waals surface area contributed by atoms with Gasteiger partial charge in [0.25, 0.3) is 0 Å². The van der Waals surface area contributed by atoms with Gasteiger partial charge in [0, 0.05) is 18.5 Å². The van der Waals surface area contributed by atoms with Crippen molar-refractivity contribution in [3.05, 3.63) is 23.3 Å². The van der Waals surface area contributed by atoms with E-state index >= 15 is 0 Å². The van der Waals surface area contributed by atoms with Gasteiger partial charge in [0.2, 0.25) is 0 Å². The van der Waals surface area contributed by atoms with Crippen LogP contribution in [-0.2, 0) is 17.6 Å². The van der Waals surface area contributed by atoms with E-state index in [0.29, 0.717) is 18.6 Å². The smallest absolute Gasteiger partial charge is 0.139 e. The summed E-state index contributed by atoms with van der Waals surface area (Å²) in [6, 6.07) is 0. The second-order valence-corrected chi connectivity index (χ2v) is 3.10. The van der Waals surface area contributed by atoms with Crippen molar-refractivity contribution >= 4 is 5.78 Å². The van der Waals surface area contributed by atoms with E-state index in [4.69, 9.17) is 0 Å². The van der Waals surface area contributed by atoms with Crippen LogP contribution in [0.5, 0.6) is 0 Å². The molecule has 0 aromatic carbocycles. The molecule has 0 atom stereocenters.